The molecule has 0 heterocycles. The fraction of sp³-hybridized carbons (Fsp3) is 0.733. The van der Waals surface area contributed by atoms with Crippen molar-refractivity contribution < 1.29 is 73.2 Å². The van der Waals surface area contributed by atoms with E-state index in [2.05, 4.69) is 52.8 Å². The highest BCUT2D eigenvalue weighted by molar-refractivity contribution is 7.98. The number of nitrogens with two attached hydrogens (primary N) is 4. The van der Waals surface area contributed by atoms with Gasteiger partial charge in [-0.2, -0.15) is 11.8 Å². The second-order valence-corrected chi connectivity index (χ2v) is 19.4. The number of guanidine groups is 1. The van der Waals surface area contributed by atoms with E-state index in [9.17, 15) is 73.2 Å². The van der Waals surface area contributed by atoms with Gasteiger partial charge in [-0.15, -0.1) is 0 Å². The van der Waals surface area contributed by atoms with Crippen molar-refractivity contribution in [3.63, 3.8) is 0 Å². The molecule has 30 heteroatoms. The molecule has 0 aromatic rings. The Hall–Kier alpha value is -6.37. The van der Waals surface area contributed by atoms with Gasteiger partial charge in [-0.1, -0.05) is 34.1 Å². The maximum Gasteiger partial charge on any atom is 0.328 e. The monoisotopic (exact) mass is 1090 g/mol. The summed E-state index contributed by atoms with van der Waals surface area (Å²) < 4.78 is 0. The summed E-state index contributed by atoms with van der Waals surface area (Å²) in [7, 11) is 0. The normalized spacial score (nSPS) is 15.1. The third-order valence-corrected chi connectivity index (χ3v) is 11.8. The van der Waals surface area contributed by atoms with Crippen LogP contribution >= 0.6 is 11.8 Å². The number of carbonyl (C=O) groups excluding carboxylic acids is 9. The third kappa shape index (κ3) is 27.7. The average molecular weight is 1090 g/mol. The van der Waals surface area contributed by atoms with Gasteiger partial charge in [0.25, 0.3) is 0 Å². The van der Waals surface area contributed by atoms with E-state index in [1.165, 1.54) is 25.6 Å². The van der Waals surface area contributed by atoms with E-state index >= 15 is 0 Å². The van der Waals surface area contributed by atoms with Crippen LogP contribution in [0, 0.1) is 11.8 Å². The van der Waals surface area contributed by atoms with Gasteiger partial charge in [0.1, 0.15) is 54.4 Å². The third-order valence-electron chi connectivity index (χ3n) is 11.1. The number of hydrogen-bond acceptors (Lipinski definition) is 17. The zero-order chi connectivity index (χ0) is 57.5. The number of carboxylic acids is 2. The van der Waals surface area contributed by atoms with E-state index in [0.29, 0.717) is 25.1 Å². The Morgan fingerprint density at radius 2 is 0.973 bits per heavy atom. The summed E-state index contributed by atoms with van der Waals surface area (Å²) in [5.74, 6) is -11.6. The number of amides is 9. The summed E-state index contributed by atoms with van der Waals surface area (Å²) in [4.78, 5) is 148. The molecule has 9 amide bonds. The van der Waals surface area contributed by atoms with Gasteiger partial charge in [0.15, 0.2) is 5.96 Å². The number of carboxylic acid groups (broad SMARTS) is 2. The van der Waals surface area contributed by atoms with Crippen LogP contribution in [0.5, 0.6) is 0 Å². The van der Waals surface area contributed by atoms with Crippen molar-refractivity contribution in [1.29, 1.82) is 0 Å². The molecule has 29 nitrogen and oxygen atoms in total. The summed E-state index contributed by atoms with van der Waals surface area (Å²) in [6.07, 6.45) is 2.14. The lowest BCUT2D eigenvalue weighted by Gasteiger charge is -2.29. The van der Waals surface area contributed by atoms with Crippen LogP contribution in [0.15, 0.2) is 4.99 Å². The molecule has 428 valence electrons. The van der Waals surface area contributed by atoms with E-state index in [0.717, 1.165) is 0 Å². The summed E-state index contributed by atoms with van der Waals surface area (Å²) in [6, 6.07) is -13.9. The largest absolute Gasteiger partial charge is 0.481 e. The number of aliphatic hydroxyl groups excluding tert-OH is 2. The lowest BCUT2D eigenvalue weighted by atomic mass is 9.99. The van der Waals surface area contributed by atoms with Crippen LogP contribution < -0.4 is 70.8 Å². The first kappa shape index (κ1) is 68.6. The Morgan fingerprint density at radius 1 is 0.520 bits per heavy atom. The first-order valence-electron chi connectivity index (χ1n) is 24.5. The van der Waals surface area contributed by atoms with Crippen molar-refractivity contribution in [3.8, 4) is 0 Å². The molecule has 0 saturated heterocycles. The van der Waals surface area contributed by atoms with Crippen LogP contribution in [0.1, 0.15) is 99.3 Å². The van der Waals surface area contributed by atoms with Crippen LogP contribution in [0.3, 0.4) is 0 Å². The maximum atomic E-state index is 14.0. The molecule has 0 aromatic heterocycles. The highest BCUT2D eigenvalue weighted by Gasteiger charge is 2.35. The quantitative estimate of drug-likeness (QED) is 0.0156. The van der Waals surface area contributed by atoms with E-state index in [4.69, 9.17) is 22.9 Å². The first-order valence-corrected chi connectivity index (χ1v) is 25.9. The van der Waals surface area contributed by atoms with Gasteiger partial charge in [0.05, 0.1) is 19.3 Å². The number of nitrogens with zero attached hydrogens (tertiary/aromatic N) is 1. The average Bonchev–Trinajstić information content (AvgIpc) is 3.33. The van der Waals surface area contributed by atoms with Gasteiger partial charge in [-0.3, -0.25) is 52.9 Å². The molecule has 0 radical (unpaired) electrons. The van der Waals surface area contributed by atoms with Gasteiger partial charge in [0, 0.05) is 13.0 Å². The van der Waals surface area contributed by atoms with Crippen LogP contribution in [-0.4, -0.2) is 190 Å². The highest BCUT2D eigenvalue weighted by atomic mass is 32.2. The molecule has 75 heavy (non-hydrogen) atoms. The SMILES string of the molecule is CSCC[C@H](NC(=O)[C@H](C)NC(=O)[C@H](CCC(=O)O)NC(=O)[C@H](C)NC(=O)[C@H](CC(C)C)NC(=O)[C@@H](NC(=O)[C@H](CCCN=C(N)N)NC(=O)[C@H](CO)NC(=O)[C@@H](N)CCCCN)C(C)C)C(=O)N[C@@H](CO)C(=O)O. The number of thioether (sulfide) groups is 1. The Labute approximate surface area is 440 Å². The maximum absolute atomic E-state index is 14.0. The van der Waals surface area contributed by atoms with Crippen LogP contribution in [0.2, 0.25) is 0 Å². The number of aliphatic hydroxyl groups is 2. The molecule has 0 bridgehead atoms. The van der Waals surface area contributed by atoms with E-state index in [1.807, 2.05) is 0 Å². The summed E-state index contributed by atoms with van der Waals surface area (Å²) in [6.45, 7) is 7.81. The number of nitrogens with one attached hydrogen (secondary N) is 9. The van der Waals surface area contributed by atoms with E-state index < -0.39 is 157 Å². The summed E-state index contributed by atoms with van der Waals surface area (Å²) in [5.41, 5.74) is 22.3. The fourth-order valence-electron chi connectivity index (χ4n) is 6.76. The number of rotatable bonds is 38. The van der Waals surface area contributed by atoms with Crippen LogP contribution in [0.4, 0.5) is 0 Å². The number of aliphatic carboxylic acids is 2. The minimum atomic E-state index is -1.66. The zero-order valence-corrected chi connectivity index (χ0v) is 44.6. The zero-order valence-electron chi connectivity index (χ0n) is 43.8. The number of carbonyl (C=O) groups is 11. The molecule has 0 spiro atoms. The molecule has 0 fully saturated rings. The van der Waals surface area contributed by atoms with Gasteiger partial charge < -0.3 is 91.2 Å². The van der Waals surface area contributed by atoms with E-state index in [1.54, 1.807) is 34.0 Å². The topological polar surface area (TPSA) is 493 Å². The van der Waals surface area contributed by atoms with Crippen molar-refractivity contribution in [1.82, 2.24) is 47.9 Å². The Morgan fingerprint density at radius 3 is 1.45 bits per heavy atom. The number of aliphatic imine (C=N–C) groups is 1. The summed E-state index contributed by atoms with van der Waals surface area (Å²) in [5, 5.41) is 59.7. The molecule has 0 unspecified atom stereocenters. The Kier molecular flexibility index (Phi) is 33.4. The highest BCUT2D eigenvalue weighted by Crippen LogP contribution is 2.11. The Balaban J connectivity index is 6.27. The number of unbranched alkanes of at least 4 members (excludes halogenated alkanes) is 1. The molecular weight excluding hydrogens is 1010 g/mol. The minimum absolute atomic E-state index is 0.0179. The van der Waals surface area contributed by atoms with Crippen LogP contribution in [0.25, 0.3) is 0 Å². The van der Waals surface area contributed by atoms with Crippen molar-refractivity contribution >= 4 is 82.8 Å². The molecule has 0 aliphatic carbocycles. The Bertz CT molecular complexity index is 1940. The van der Waals surface area contributed by atoms with Gasteiger partial charge in [0.2, 0.25) is 53.2 Å². The van der Waals surface area contributed by atoms with Crippen molar-refractivity contribution in [2.75, 3.05) is 38.3 Å². The molecule has 10 atom stereocenters. The minimum Gasteiger partial charge on any atom is -0.481 e. The fourth-order valence-corrected chi connectivity index (χ4v) is 7.23. The molecule has 0 aliphatic rings. The van der Waals surface area contributed by atoms with Crippen molar-refractivity contribution in [3.05, 3.63) is 0 Å². The van der Waals surface area contributed by atoms with E-state index in [-0.39, 0.29) is 50.5 Å². The first-order chi connectivity index (χ1) is 35.1. The van der Waals surface area contributed by atoms with Crippen molar-refractivity contribution in [2.45, 2.75) is 160 Å². The number of hydrogen-bond donors (Lipinski definition) is 17. The molecular formula is C45H82N14O15S. The summed E-state index contributed by atoms with van der Waals surface area (Å²) >= 11 is 1.32. The molecule has 0 saturated carbocycles. The second kappa shape index (κ2) is 36.6. The lowest BCUT2D eigenvalue weighted by molar-refractivity contribution is -0.143. The van der Waals surface area contributed by atoms with Gasteiger partial charge in [-0.05, 0) is 89.2 Å². The van der Waals surface area contributed by atoms with Crippen LogP contribution in [-0.2, 0) is 52.7 Å². The molecule has 0 rings (SSSR count). The lowest BCUT2D eigenvalue weighted by Crippen LogP contribution is -2.61. The standard InChI is InChI=1S/C45H82N14O15S/c1-22(2)19-30(56-43(72)34(23(3)4)59-40(69)27(12-10-17-50-45(48)49)55-42(71)31(20-60)57-37(66)26(47)11-8-9-16-46)41(70)52-25(6)35(64)53-28(13-14-33(62)63)38(67)51-24(5)36(65)54-29(15-18-75-7)39(68)58-32(21-61)44(73)74/h22-32,34,60-61H,8-21,46-47H2,1-7H3,(H,51,67)(H,52,70)(H,53,64)(H,54,65)(H,55,71)(H,56,72)(H,57,66)(H,58,68)(H,59,69)(H,62,63)(H,73,74)(H4,48,49,50)/t24-,25-,26-,27-,28-,29-,30-,31-,32-,34-/m0/s1. The predicted octanol–water partition coefficient (Wildman–Crippen LogP) is -5.71. The smallest absolute Gasteiger partial charge is 0.328 e. The van der Waals surface area contributed by atoms with Gasteiger partial charge in [-0.25, -0.2) is 4.79 Å². The van der Waals surface area contributed by atoms with Crippen molar-refractivity contribution in [2.24, 2.45) is 39.8 Å². The molecule has 0 aliphatic heterocycles. The second-order valence-electron chi connectivity index (χ2n) is 18.4. The van der Waals surface area contributed by atoms with Gasteiger partial charge >= 0.3 is 11.9 Å². The molecule has 0 aromatic carbocycles. The molecule has 21 N–H and O–H groups in total. The predicted molar refractivity (Wildman–Crippen MR) is 275 cm³/mol.